The maximum absolute atomic E-state index is 12.4. The molecule has 6 nitrogen and oxygen atoms in total. The molecular formula is C15H20N4O2. The van der Waals surface area contributed by atoms with Gasteiger partial charge in [0.2, 0.25) is 0 Å². The summed E-state index contributed by atoms with van der Waals surface area (Å²) in [5.74, 6) is 5.67. The van der Waals surface area contributed by atoms with Gasteiger partial charge in [-0.1, -0.05) is 18.2 Å². The minimum atomic E-state index is -0.423. The Kier molecular flexibility index (Phi) is 4.40. The highest BCUT2D eigenvalue weighted by Gasteiger charge is 2.19. The van der Waals surface area contributed by atoms with E-state index >= 15 is 0 Å². The Morgan fingerprint density at radius 1 is 1.38 bits per heavy atom. The largest absolute Gasteiger partial charge is 0.377 e. The number of nitrogen functional groups attached to an aromatic ring is 1. The summed E-state index contributed by atoms with van der Waals surface area (Å²) < 4.78 is 5.30. The predicted octanol–water partition coefficient (Wildman–Crippen LogP) is 1.68. The van der Waals surface area contributed by atoms with Gasteiger partial charge in [0.1, 0.15) is 5.82 Å². The van der Waals surface area contributed by atoms with Gasteiger partial charge in [-0.05, 0) is 26.0 Å². The minimum absolute atomic E-state index is 0.185. The van der Waals surface area contributed by atoms with Crippen LogP contribution in [0.1, 0.15) is 24.2 Å². The van der Waals surface area contributed by atoms with E-state index in [2.05, 4.69) is 15.7 Å². The number of methoxy groups -OCH3 is 1. The van der Waals surface area contributed by atoms with Crippen molar-refractivity contribution in [2.45, 2.75) is 19.4 Å². The molecule has 0 aliphatic heterocycles. The third-order valence-electron chi connectivity index (χ3n) is 3.34. The van der Waals surface area contributed by atoms with Gasteiger partial charge in [0, 0.05) is 19.0 Å². The molecule has 0 bridgehead atoms. The molecule has 0 saturated carbocycles. The molecule has 6 heteroatoms. The number of pyridine rings is 1. The molecule has 0 fully saturated rings. The molecule has 1 heterocycles. The zero-order chi connectivity index (χ0) is 15.5. The van der Waals surface area contributed by atoms with Crippen LogP contribution in [-0.4, -0.2) is 30.1 Å². The fourth-order valence-corrected chi connectivity index (χ4v) is 1.90. The standard InChI is InChI=1S/C15H20N4O2/c1-15(2,21-3)9-17-14(20)11-8-13(19-16)18-12-7-5-4-6-10(11)12/h4-8H,9,16H2,1-3H3,(H,17,20)(H,18,19). The Bertz CT molecular complexity index is 655. The van der Waals surface area contributed by atoms with Gasteiger partial charge < -0.3 is 15.5 Å². The van der Waals surface area contributed by atoms with Gasteiger partial charge in [0.05, 0.1) is 16.7 Å². The Morgan fingerprint density at radius 2 is 2.10 bits per heavy atom. The molecular weight excluding hydrogens is 268 g/mol. The summed E-state index contributed by atoms with van der Waals surface area (Å²) in [6, 6.07) is 9.07. The Labute approximate surface area is 123 Å². The zero-order valence-electron chi connectivity index (χ0n) is 12.4. The summed E-state index contributed by atoms with van der Waals surface area (Å²) >= 11 is 0. The van der Waals surface area contributed by atoms with E-state index in [9.17, 15) is 4.79 Å². The molecule has 112 valence electrons. The first-order valence-electron chi connectivity index (χ1n) is 6.66. The fourth-order valence-electron chi connectivity index (χ4n) is 1.90. The van der Waals surface area contributed by atoms with Crippen molar-refractivity contribution in [1.29, 1.82) is 0 Å². The van der Waals surface area contributed by atoms with Crippen molar-refractivity contribution in [2.24, 2.45) is 5.84 Å². The van der Waals surface area contributed by atoms with Crippen molar-refractivity contribution < 1.29 is 9.53 Å². The molecule has 0 unspecified atom stereocenters. The lowest BCUT2D eigenvalue weighted by Gasteiger charge is -2.23. The lowest BCUT2D eigenvalue weighted by atomic mass is 10.1. The van der Waals surface area contributed by atoms with Crippen LogP contribution < -0.4 is 16.6 Å². The molecule has 0 aliphatic rings. The molecule has 0 radical (unpaired) electrons. The topological polar surface area (TPSA) is 89.3 Å². The van der Waals surface area contributed by atoms with Gasteiger partial charge in [0.15, 0.2) is 0 Å². The van der Waals surface area contributed by atoms with Crippen molar-refractivity contribution >= 4 is 22.6 Å². The molecule has 1 aromatic heterocycles. The van der Waals surface area contributed by atoms with Crippen LogP contribution in [0.4, 0.5) is 5.82 Å². The lowest BCUT2D eigenvalue weighted by Crippen LogP contribution is -2.39. The van der Waals surface area contributed by atoms with Gasteiger partial charge in [-0.25, -0.2) is 10.8 Å². The Balaban J connectivity index is 2.34. The van der Waals surface area contributed by atoms with Crippen molar-refractivity contribution in [2.75, 3.05) is 19.1 Å². The number of ether oxygens (including phenoxy) is 1. The van der Waals surface area contributed by atoms with E-state index in [1.165, 1.54) is 0 Å². The number of hydrogen-bond acceptors (Lipinski definition) is 5. The number of para-hydroxylation sites is 1. The van der Waals surface area contributed by atoms with Crippen LogP contribution in [0.2, 0.25) is 0 Å². The van der Waals surface area contributed by atoms with E-state index in [0.29, 0.717) is 23.4 Å². The van der Waals surface area contributed by atoms with Gasteiger partial charge in [-0.15, -0.1) is 0 Å². The normalized spacial score (nSPS) is 11.4. The number of hydrazine groups is 1. The highest BCUT2D eigenvalue weighted by Crippen LogP contribution is 2.20. The fraction of sp³-hybridized carbons (Fsp3) is 0.333. The molecule has 2 rings (SSSR count). The number of fused-ring (bicyclic) bond motifs is 1. The highest BCUT2D eigenvalue weighted by molar-refractivity contribution is 6.06. The van der Waals surface area contributed by atoms with Crippen LogP contribution in [0.5, 0.6) is 0 Å². The molecule has 0 spiro atoms. The number of rotatable bonds is 5. The number of nitrogens with two attached hydrogens (primary N) is 1. The summed E-state index contributed by atoms with van der Waals surface area (Å²) in [6.07, 6.45) is 0. The molecule has 21 heavy (non-hydrogen) atoms. The Hall–Kier alpha value is -2.18. The number of carbonyl (C=O) groups excluding carboxylic acids is 1. The number of nitrogens with one attached hydrogen (secondary N) is 2. The minimum Gasteiger partial charge on any atom is -0.377 e. The van der Waals surface area contributed by atoms with E-state index in [-0.39, 0.29) is 5.91 Å². The summed E-state index contributed by atoms with van der Waals surface area (Å²) in [7, 11) is 1.62. The predicted molar refractivity (Wildman–Crippen MR) is 83.0 cm³/mol. The van der Waals surface area contributed by atoms with Crippen molar-refractivity contribution in [3.63, 3.8) is 0 Å². The van der Waals surface area contributed by atoms with Gasteiger partial charge >= 0.3 is 0 Å². The molecule has 1 aromatic carbocycles. The number of anilines is 1. The third-order valence-corrected chi connectivity index (χ3v) is 3.34. The highest BCUT2D eigenvalue weighted by atomic mass is 16.5. The van der Waals surface area contributed by atoms with Gasteiger partial charge in [-0.3, -0.25) is 4.79 Å². The number of carbonyl (C=O) groups is 1. The average molecular weight is 288 g/mol. The molecule has 2 aromatic rings. The van der Waals surface area contributed by atoms with Crippen molar-refractivity contribution in [3.8, 4) is 0 Å². The zero-order valence-corrected chi connectivity index (χ0v) is 12.4. The van der Waals surface area contributed by atoms with Gasteiger partial charge in [0.25, 0.3) is 5.91 Å². The van der Waals surface area contributed by atoms with E-state index < -0.39 is 5.60 Å². The second-order valence-corrected chi connectivity index (χ2v) is 5.36. The number of benzene rings is 1. The molecule has 1 amide bonds. The average Bonchev–Trinajstić information content (AvgIpc) is 2.51. The van der Waals surface area contributed by atoms with E-state index in [1.807, 2.05) is 38.1 Å². The summed E-state index contributed by atoms with van der Waals surface area (Å²) in [5.41, 5.74) is 3.30. The SMILES string of the molecule is COC(C)(C)CNC(=O)c1cc(NN)nc2ccccc12. The third kappa shape index (κ3) is 3.48. The lowest BCUT2D eigenvalue weighted by molar-refractivity contribution is 0.0229. The maximum Gasteiger partial charge on any atom is 0.252 e. The van der Waals surface area contributed by atoms with Crippen molar-refractivity contribution in [1.82, 2.24) is 10.3 Å². The van der Waals surface area contributed by atoms with Crippen LogP contribution in [0, 0.1) is 0 Å². The van der Waals surface area contributed by atoms with Crippen LogP contribution in [-0.2, 0) is 4.74 Å². The van der Waals surface area contributed by atoms with Gasteiger partial charge in [-0.2, -0.15) is 0 Å². The molecule has 0 saturated heterocycles. The first-order valence-corrected chi connectivity index (χ1v) is 6.66. The number of hydrogen-bond donors (Lipinski definition) is 3. The first-order chi connectivity index (χ1) is 9.96. The monoisotopic (exact) mass is 288 g/mol. The second kappa shape index (κ2) is 6.07. The molecule has 0 atom stereocenters. The Morgan fingerprint density at radius 3 is 2.76 bits per heavy atom. The smallest absolute Gasteiger partial charge is 0.252 e. The van der Waals surface area contributed by atoms with Crippen LogP contribution in [0.3, 0.4) is 0 Å². The number of nitrogens with zero attached hydrogens (tertiary/aromatic N) is 1. The van der Waals surface area contributed by atoms with E-state index in [4.69, 9.17) is 10.6 Å². The van der Waals surface area contributed by atoms with Crippen LogP contribution >= 0.6 is 0 Å². The summed E-state index contributed by atoms with van der Waals surface area (Å²) in [6.45, 7) is 4.22. The van der Waals surface area contributed by atoms with E-state index in [1.54, 1.807) is 13.2 Å². The number of aromatic nitrogens is 1. The van der Waals surface area contributed by atoms with Crippen LogP contribution in [0.25, 0.3) is 10.9 Å². The summed E-state index contributed by atoms with van der Waals surface area (Å²) in [4.78, 5) is 16.7. The quantitative estimate of drug-likeness (QED) is 0.575. The molecule has 0 aliphatic carbocycles. The maximum atomic E-state index is 12.4. The first kappa shape index (κ1) is 15.2. The second-order valence-electron chi connectivity index (χ2n) is 5.36. The van der Waals surface area contributed by atoms with E-state index in [0.717, 1.165) is 5.39 Å². The molecule has 4 N–H and O–H groups in total. The van der Waals surface area contributed by atoms with Crippen molar-refractivity contribution in [3.05, 3.63) is 35.9 Å². The number of amides is 1. The summed E-state index contributed by atoms with van der Waals surface area (Å²) in [5, 5.41) is 3.65. The van der Waals surface area contributed by atoms with Crippen LogP contribution in [0.15, 0.2) is 30.3 Å².